The van der Waals surface area contributed by atoms with Gasteiger partial charge < -0.3 is 9.42 Å². The molecule has 0 N–H and O–H groups in total. The lowest BCUT2D eigenvalue weighted by atomic mass is 9.96. The van der Waals surface area contributed by atoms with Crippen LogP contribution >= 0.6 is 0 Å². The molecule has 0 unspecified atom stereocenters. The second-order valence-electron chi connectivity index (χ2n) is 6.70. The topological polar surface area (TPSA) is 59.2 Å². The minimum atomic E-state index is -2.77. The summed E-state index contributed by atoms with van der Waals surface area (Å²) in [6, 6.07) is 5.71. The molecule has 2 aromatic rings. The predicted octanol–water partition coefficient (Wildman–Crippen LogP) is 3.72. The van der Waals surface area contributed by atoms with Crippen LogP contribution in [0.15, 0.2) is 22.7 Å². The van der Waals surface area contributed by atoms with Crippen molar-refractivity contribution in [1.29, 1.82) is 0 Å². The lowest BCUT2D eigenvalue weighted by Crippen LogP contribution is -2.28. The molecule has 132 valence electrons. The van der Waals surface area contributed by atoms with E-state index in [-0.39, 0.29) is 17.6 Å². The molecule has 0 saturated carbocycles. The van der Waals surface area contributed by atoms with Gasteiger partial charge in [0.1, 0.15) is 0 Å². The fourth-order valence-corrected chi connectivity index (χ4v) is 3.80. The normalized spacial score (nSPS) is 19.6. The van der Waals surface area contributed by atoms with Crippen LogP contribution in [0.5, 0.6) is 0 Å². The maximum Gasteiger partial charge on any atom is 0.315 e. The number of fused-ring (bicyclic) bond motifs is 1. The first-order valence-electron chi connectivity index (χ1n) is 8.64. The van der Waals surface area contributed by atoms with E-state index in [1.165, 1.54) is 5.56 Å². The average molecular weight is 347 g/mol. The van der Waals surface area contributed by atoms with Crippen molar-refractivity contribution < 1.29 is 18.1 Å². The third-order valence-corrected chi connectivity index (χ3v) is 5.11. The van der Waals surface area contributed by atoms with Crippen molar-refractivity contribution in [2.24, 2.45) is 0 Å². The molecule has 7 heteroatoms. The molecule has 1 aliphatic heterocycles. The number of benzene rings is 1. The van der Waals surface area contributed by atoms with Crippen LogP contribution in [0.3, 0.4) is 0 Å². The van der Waals surface area contributed by atoms with Crippen molar-refractivity contribution in [3.05, 3.63) is 35.2 Å². The molecule has 2 aliphatic rings. The number of aryl methyl sites for hydroxylation is 1. The molecule has 0 bridgehead atoms. The van der Waals surface area contributed by atoms with E-state index in [2.05, 4.69) is 14.7 Å². The van der Waals surface area contributed by atoms with Crippen molar-refractivity contribution >= 4 is 5.91 Å². The van der Waals surface area contributed by atoms with Crippen LogP contribution < -0.4 is 0 Å². The summed E-state index contributed by atoms with van der Waals surface area (Å²) in [4.78, 5) is 18.1. The van der Waals surface area contributed by atoms with E-state index in [1.807, 2.05) is 23.1 Å². The van der Waals surface area contributed by atoms with Crippen LogP contribution in [0, 0.1) is 0 Å². The van der Waals surface area contributed by atoms with E-state index in [0.717, 1.165) is 44.3 Å². The SMILES string of the molecule is O=C(C[C@@H]1CCc2cc(-c3noc(C(F)F)n3)ccc21)N1CCCC1. The number of hydrogen-bond acceptors (Lipinski definition) is 4. The summed E-state index contributed by atoms with van der Waals surface area (Å²) < 4.78 is 29.7. The van der Waals surface area contributed by atoms with Crippen molar-refractivity contribution in [3.63, 3.8) is 0 Å². The quantitative estimate of drug-likeness (QED) is 0.846. The number of amides is 1. The summed E-state index contributed by atoms with van der Waals surface area (Å²) in [7, 11) is 0. The van der Waals surface area contributed by atoms with Gasteiger partial charge in [-0.1, -0.05) is 17.3 Å². The monoisotopic (exact) mass is 347 g/mol. The molecule has 1 aliphatic carbocycles. The standard InChI is InChI=1S/C18H19F2N3O2/c19-16(20)18-21-17(22-25-18)13-5-6-14-11(9-13)3-4-12(14)10-15(24)23-7-1-2-8-23/h5-6,9,12,16H,1-4,7-8,10H2/t12-/m0/s1. The molecule has 1 aromatic carbocycles. The second kappa shape index (κ2) is 6.54. The Morgan fingerprint density at radius 3 is 2.84 bits per heavy atom. The number of alkyl halides is 2. The fraction of sp³-hybridized carbons (Fsp3) is 0.500. The fourth-order valence-electron chi connectivity index (χ4n) is 3.80. The highest BCUT2D eigenvalue weighted by molar-refractivity contribution is 5.77. The molecule has 25 heavy (non-hydrogen) atoms. The number of likely N-dealkylation sites (tertiary alicyclic amines) is 1. The Morgan fingerprint density at radius 1 is 1.32 bits per heavy atom. The molecule has 2 heterocycles. The van der Waals surface area contributed by atoms with Gasteiger partial charge in [0, 0.05) is 25.1 Å². The van der Waals surface area contributed by atoms with Gasteiger partial charge in [-0.15, -0.1) is 0 Å². The molecule has 0 radical (unpaired) electrons. The van der Waals surface area contributed by atoms with Crippen molar-refractivity contribution in [2.75, 3.05) is 13.1 Å². The second-order valence-corrected chi connectivity index (χ2v) is 6.70. The van der Waals surface area contributed by atoms with Gasteiger partial charge in [0.15, 0.2) is 0 Å². The molecule has 4 rings (SSSR count). The average Bonchev–Trinajstić information content (AvgIpc) is 3.35. The van der Waals surface area contributed by atoms with Gasteiger partial charge in [-0.2, -0.15) is 13.8 Å². The molecule has 1 amide bonds. The summed E-state index contributed by atoms with van der Waals surface area (Å²) in [5.74, 6) is -0.0162. The maximum absolute atomic E-state index is 12.6. The third-order valence-electron chi connectivity index (χ3n) is 5.11. The molecule has 1 saturated heterocycles. The molecular weight excluding hydrogens is 328 g/mol. The summed E-state index contributed by atoms with van der Waals surface area (Å²) in [5.41, 5.74) is 2.98. The van der Waals surface area contributed by atoms with E-state index in [4.69, 9.17) is 0 Å². The molecule has 0 spiro atoms. The van der Waals surface area contributed by atoms with E-state index >= 15 is 0 Å². The molecule has 1 aromatic heterocycles. The van der Waals surface area contributed by atoms with Gasteiger partial charge in [0.2, 0.25) is 11.7 Å². The zero-order valence-corrected chi connectivity index (χ0v) is 13.8. The Bertz CT molecular complexity index is 784. The van der Waals surface area contributed by atoms with E-state index < -0.39 is 12.3 Å². The minimum absolute atomic E-state index is 0.176. The zero-order valence-electron chi connectivity index (χ0n) is 13.8. The Labute approximate surface area is 144 Å². The first-order chi connectivity index (χ1) is 12.1. The molecule has 1 fully saturated rings. The molecule has 1 atom stereocenters. The third kappa shape index (κ3) is 3.15. The predicted molar refractivity (Wildman–Crippen MR) is 86.2 cm³/mol. The zero-order chi connectivity index (χ0) is 17.4. The van der Waals surface area contributed by atoms with Gasteiger partial charge >= 0.3 is 6.43 Å². The highest BCUT2D eigenvalue weighted by Gasteiger charge is 2.28. The number of carbonyl (C=O) groups is 1. The largest absolute Gasteiger partial charge is 0.343 e. The number of nitrogens with zero attached hydrogens (tertiary/aromatic N) is 3. The van der Waals surface area contributed by atoms with Crippen LogP contribution in [0.1, 0.15) is 55.0 Å². The number of halogens is 2. The van der Waals surface area contributed by atoms with E-state index in [0.29, 0.717) is 12.0 Å². The van der Waals surface area contributed by atoms with Crippen LogP contribution in [0.2, 0.25) is 0 Å². The lowest BCUT2D eigenvalue weighted by molar-refractivity contribution is -0.130. The van der Waals surface area contributed by atoms with Gasteiger partial charge in [-0.3, -0.25) is 4.79 Å². The Kier molecular flexibility index (Phi) is 4.23. The van der Waals surface area contributed by atoms with Crippen LogP contribution in [0.4, 0.5) is 8.78 Å². The van der Waals surface area contributed by atoms with Gasteiger partial charge in [0.25, 0.3) is 5.89 Å². The van der Waals surface area contributed by atoms with E-state index in [1.54, 1.807) is 0 Å². The Hall–Kier alpha value is -2.31. The first kappa shape index (κ1) is 16.2. The number of hydrogen-bond donors (Lipinski definition) is 0. The summed E-state index contributed by atoms with van der Waals surface area (Å²) in [5, 5.41) is 3.63. The first-order valence-corrected chi connectivity index (χ1v) is 8.64. The number of aromatic nitrogens is 2. The molecule has 5 nitrogen and oxygen atoms in total. The van der Waals surface area contributed by atoms with Gasteiger partial charge in [-0.05, 0) is 48.8 Å². The van der Waals surface area contributed by atoms with Crippen LogP contribution in [-0.4, -0.2) is 34.0 Å². The lowest BCUT2D eigenvalue weighted by Gasteiger charge is -2.18. The Balaban J connectivity index is 1.50. The summed E-state index contributed by atoms with van der Waals surface area (Å²) in [6.45, 7) is 1.75. The van der Waals surface area contributed by atoms with Crippen molar-refractivity contribution in [1.82, 2.24) is 15.0 Å². The molecular formula is C18H19F2N3O2. The van der Waals surface area contributed by atoms with Crippen molar-refractivity contribution in [3.8, 4) is 11.4 Å². The van der Waals surface area contributed by atoms with Crippen LogP contribution in [0.25, 0.3) is 11.4 Å². The number of rotatable bonds is 4. The maximum atomic E-state index is 12.6. The minimum Gasteiger partial charge on any atom is -0.343 e. The highest BCUT2D eigenvalue weighted by Crippen LogP contribution is 2.38. The summed E-state index contributed by atoms with van der Waals surface area (Å²) in [6.07, 6.45) is 1.79. The number of carbonyl (C=O) groups excluding carboxylic acids is 1. The highest BCUT2D eigenvalue weighted by atomic mass is 19.3. The van der Waals surface area contributed by atoms with Crippen molar-refractivity contribution in [2.45, 2.75) is 44.4 Å². The van der Waals surface area contributed by atoms with Gasteiger partial charge in [0.05, 0.1) is 0 Å². The van der Waals surface area contributed by atoms with Gasteiger partial charge in [-0.25, -0.2) is 0 Å². The Morgan fingerprint density at radius 2 is 2.12 bits per heavy atom. The summed E-state index contributed by atoms with van der Waals surface area (Å²) >= 11 is 0. The smallest absolute Gasteiger partial charge is 0.315 e. The van der Waals surface area contributed by atoms with Crippen LogP contribution in [-0.2, 0) is 11.2 Å². The van der Waals surface area contributed by atoms with E-state index in [9.17, 15) is 13.6 Å².